The second-order valence-electron chi connectivity index (χ2n) is 12.6. The molecule has 0 radical (unpaired) electrons. The summed E-state index contributed by atoms with van der Waals surface area (Å²) in [4.78, 5) is 72.4. The zero-order valence-corrected chi connectivity index (χ0v) is 29.5. The maximum absolute atomic E-state index is 12.9. The van der Waals surface area contributed by atoms with Crippen LogP contribution in [0.1, 0.15) is 111 Å². The van der Waals surface area contributed by atoms with Crippen LogP contribution in [0.15, 0.2) is 0 Å². The number of primary amides is 1. The summed E-state index contributed by atoms with van der Waals surface area (Å²) in [7, 11) is 0. The zero-order valence-electron chi connectivity index (χ0n) is 29.5. The number of carbonyl (C=O) groups is 6. The Morgan fingerprint density at radius 2 is 1.46 bits per heavy atom. The maximum Gasteiger partial charge on any atom is 0.305 e. The molecule has 17 heteroatoms. The van der Waals surface area contributed by atoms with Gasteiger partial charge >= 0.3 is 11.9 Å². The van der Waals surface area contributed by atoms with Crippen LogP contribution in [0.3, 0.4) is 0 Å². The van der Waals surface area contributed by atoms with E-state index in [9.17, 15) is 44.1 Å². The predicted molar refractivity (Wildman–Crippen MR) is 178 cm³/mol. The topological polar surface area (TPSA) is 273 Å². The minimum Gasteiger partial charge on any atom is -0.481 e. The number of nitrogens with two attached hydrogens (primary N) is 1. The first kappa shape index (κ1) is 44.6. The van der Waals surface area contributed by atoms with Gasteiger partial charge in [0.2, 0.25) is 23.6 Å². The number of ether oxygens (including phenoxy) is 3. The lowest BCUT2D eigenvalue weighted by Crippen LogP contribution is -2.66. The number of aliphatic hydroxyl groups excluding tert-OH is 3. The molecule has 1 heterocycles. The minimum atomic E-state index is -1.69. The molecule has 0 saturated carbocycles. The van der Waals surface area contributed by atoms with Gasteiger partial charge in [0.25, 0.3) is 0 Å². The average molecular weight is 719 g/mol. The molecule has 1 saturated heterocycles. The second-order valence-corrected chi connectivity index (χ2v) is 12.6. The third-order valence-corrected chi connectivity index (χ3v) is 8.29. The number of esters is 1. The largest absolute Gasteiger partial charge is 0.481 e. The van der Waals surface area contributed by atoms with Gasteiger partial charge in [-0.25, -0.2) is 0 Å². The van der Waals surface area contributed by atoms with Crippen LogP contribution >= 0.6 is 0 Å². The molecule has 1 unspecified atom stereocenters. The summed E-state index contributed by atoms with van der Waals surface area (Å²) in [5, 5.41) is 47.1. The molecule has 0 aliphatic carbocycles. The Balaban J connectivity index is 2.58. The summed E-state index contributed by atoms with van der Waals surface area (Å²) in [5.41, 5.74) is 5.23. The van der Waals surface area contributed by atoms with Crippen LogP contribution in [0.25, 0.3) is 0 Å². The summed E-state index contributed by atoms with van der Waals surface area (Å²) < 4.78 is 16.3. The van der Waals surface area contributed by atoms with E-state index in [-0.39, 0.29) is 18.8 Å². The zero-order chi connectivity index (χ0) is 37.6. The van der Waals surface area contributed by atoms with Gasteiger partial charge in [0, 0.05) is 19.3 Å². The highest BCUT2D eigenvalue weighted by atomic mass is 16.6. The van der Waals surface area contributed by atoms with Gasteiger partial charge in [-0.15, -0.1) is 0 Å². The number of amides is 4. The molecule has 17 nitrogen and oxygen atoms in total. The lowest BCUT2D eigenvalue weighted by Gasteiger charge is -2.43. The third-order valence-electron chi connectivity index (χ3n) is 8.29. The number of rotatable bonds is 26. The number of hydrogen-bond donors (Lipinski definition) is 8. The van der Waals surface area contributed by atoms with Crippen molar-refractivity contribution >= 4 is 35.6 Å². The first-order valence-corrected chi connectivity index (χ1v) is 17.6. The smallest absolute Gasteiger partial charge is 0.305 e. The third kappa shape index (κ3) is 17.5. The Kier molecular flexibility index (Phi) is 22.1. The van der Waals surface area contributed by atoms with E-state index in [2.05, 4.69) is 22.9 Å². The molecule has 0 bridgehead atoms. The van der Waals surface area contributed by atoms with Gasteiger partial charge in [0.15, 0.2) is 6.29 Å². The number of carboxylic acids is 1. The fourth-order valence-corrected chi connectivity index (χ4v) is 5.25. The van der Waals surface area contributed by atoms with Crippen LogP contribution in [0.4, 0.5) is 0 Å². The molecular formula is C33H58N4O13. The molecule has 0 aromatic heterocycles. The van der Waals surface area contributed by atoms with E-state index in [4.69, 9.17) is 25.1 Å². The van der Waals surface area contributed by atoms with Gasteiger partial charge < -0.3 is 56.3 Å². The second kappa shape index (κ2) is 24.7. The highest BCUT2D eigenvalue weighted by molar-refractivity contribution is 5.92. The van der Waals surface area contributed by atoms with Gasteiger partial charge in [-0.05, 0) is 39.5 Å². The van der Waals surface area contributed by atoms with E-state index >= 15 is 0 Å². The SMILES string of the molecule is CCCCCCCC(=O)OCCCCCCCC(=O)N[C@H]1C(O)O[C@H](CO)[C@@H](O)[C@@H]1O[C@H](C)C(=O)N[C@@H](C)C(=O)N[C@H](CCC(=O)O)C(N)=O. The maximum atomic E-state index is 12.9. The van der Waals surface area contributed by atoms with Crippen LogP contribution in [-0.2, 0) is 43.0 Å². The standard InChI is InChI=1S/C33H58N4O13/c1-4-5-6-8-12-15-26(42)48-18-13-10-7-9-11-14-24(39)37-27-29(28(43)23(19-38)50-33(27)47)49-21(3)32(46)35-20(2)31(45)36-22(30(34)44)16-17-25(40)41/h20-23,27-29,33,38,43,47H,4-19H2,1-3H3,(H2,34,44)(H,35,46)(H,36,45)(H,37,39)(H,40,41)/t20-,21+,22+,23+,27+,28+,29+,33?/m0/s1. The Bertz CT molecular complexity index is 1080. The lowest BCUT2D eigenvalue weighted by molar-refractivity contribution is -0.266. The van der Waals surface area contributed by atoms with E-state index in [1.54, 1.807) is 0 Å². The van der Waals surface area contributed by atoms with E-state index in [0.717, 1.165) is 51.4 Å². The van der Waals surface area contributed by atoms with E-state index in [1.807, 2.05) is 0 Å². The molecule has 9 N–H and O–H groups in total. The minimum absolute atomic E-state index is 0.0872. The van der Waals surface area contributed by atoms with Crippen LogP contribution in [0, 0.1) is 0 Å². The molecule has 1 aliphatic rings. The van der Waals surface area contributed by atoms with Crippen LogP contribution in [0.2, 0.25) is 0 Å². The number of aliphatic carboxylic acids is 1. The molecular weight excluding hydrogens is 660 g/mol. The van der Waals surface area contributed by atoms with Crippen LogP contribution in [-0.4, -0.2) is 118 Å². The van der Waals surface area contributed by atoms with Crippen LogP contribution < -0.4 is 21.7 Å². The van der Waals surface area contributed by atoms with Crippen molar-refractivity contribution in [2.24, 2.45) is 5.73 Å². The first-order valence-electron chi connectivity index (χ1n) is 17.6. The average Bonchev–Trinajstić information content (AvgIpc) is 3.06. The van der Waals surface area contributed by atoms with Crippen molar-refractivity contribution in [3.8, 4) is 0 Å². The summed E-state index contributed by atoms with van der Waals surface area (Å²) in [6.45, 7) is 4.41. The number of carboxylic acid groups (broad SMARTS) is 1. The number of hydrogen-bond acceptors (Lipinski definition) is 12. The monoisotopic (exact) mass is 718 g/mol. The molecule has 0 aromatic carbocycles. The Morgan fingerprint density at radius 1 is 0.840 bits per heavy atom. The van der Waals surface area contributed by atoms with Gasteiger partial charge in [-0.1, -0.05) is 51.9 Å². The summed E-state index contributed by atoms with van der Waals surface area (Å²) >= 11 is 0. The Hall–Kier alpha value is -3.38. The van der Waals surface area contributed by atoms with Crippen molar-refractivity contribution in [2.45, 2.75) is 159 Å². The molecule has 1 aliphatic heterocycles. The molecule has 0 aromatic rings. The number of unbranched alkanes of at least 4 members (excludes halogenated alkanes) is 8. The van der Waals surface area contributed by atoms with Crippen molar-refractivity contribution < 1.29 is 63.4 Å². The Morgan fingerprint density at radius 3 is 2.08 bits per heavy atom. The van der Waals surface area contributed by atoms with Crippen molar-refractivity contribution in [1.29, 1.82) is 0 Å². The van der Waals surface area contributed by atoms with Gasteiger partial charge in [-0.2, -0.15) is 0 Å². The molecule has 1 rings (SSSR count). The fourth-order valence-electron chi connectivity index (χ4n) is 5.25. The summed E-state index contributed by atoms with van der Waals surface area (Å²) in [6.07, 6.45) is 1.46. The highest BCUT2D eigenvalue weighted by Gasteiger charge is 2.47. The normalized spacial score (nSPS) is 22.1. The van der Waals surface area contributed by atoms with Crippen molar-refractivity contribution in [1.82, 2.24) is 16.0 Å². The summed E-state index contributed by atoms with van der Waals surface area (Å²) in [6, 6.07) is -3.81. The van der Waals surface area contributed by atoms with Crippen molar-refractivity contribution in [3.63, 3.8) is 0 Å². The number of aliphatic hydroxyl groups is 3. The van der Waals surface area contributed by atoms with Crippen LogP contribution in [0.5, 0.6) is 0 Å². The van der Waals surface area contributed by atoms with Gasteiger partial charge in [-0.3, -0.25) is 28.8 Å². The van der Waals surface area contributed by atoms with Crippen molar-refractivity contribution in [2.75, 3.05) is 13.2 Å². The lowest BCUT2D eigenvalue weighted by atomic mass is 9.96. The molecule has 8 atom stereocenters. The molecule has 1 fully saturated rings. The van der Waals surface area contributed by atoms with E-state index in [0.29, 0.717) is 19.4 Å². The number of carbonyl (C=O) groups excluding carboxylic acids is 5. The molecule has 50 heavy (non-hydrogen) atoms. The van der Waals surface area contributed by atoms with Crippen molar-refractivity contribution in [3.05, 3.63) is 0 Å². The van der Waals surface area contributed by atoms with E-state index in [1.165, 1.54) is 20.3 Å². The quantitative estimate of drug-likeness (QED) is 0.0429. The molecule has 288 valence electrons. The van der Waals surface area contributed by atoms with Gasteiger partial charge in [0.05, 0.1) is 13.2 Å². The summed E-state index contributed by atoms with van der Waals surface area (Å²) in [5.74, 6) is -4.44. The molecule has 0 spiro atoms. The Labute approximate surface area is 293 Å². The fraction of sp³-hybridized carbons (Fsp3) is 0.818. The number of nitrogens with one attached hydrogen (secondary N) is 3. The van der Waals surface area contributed by atoms with E-state index < -0.39 is 91.5 Å². The first-order chi connectivity index (χ1) is 23.7. The van der Waals surface area contributed by atoms with Gasteiger partial charge in [0.1, 0.15) is 42.5 Å². The predicted octanol–water partition coefficient (Wildman–Crippen LogP) is -0.101. The molecule has 4 amide bonds. The highest BCUT2D eigenvalue weighted by Crippen LogP contribution is 2.24.